The van der Waals surface area contributed by atoms with E-state index in [0.29, 0.717) is 11.3 Å². The van der Waals surface area contributed by atoms with Crippen LogP contribution in [-0.2, 0) is 9.84 Å². The number of hydrogen-bond acceptors (Lipinski definition) is 4. The van der Waals surface area contributed by atoms with Crippen LogP contribution in [0.5, 0.6) is 0 Å². The van der Waals surface area contributed by atoms with Gasteiger partial charge in [-0.25, -0.2) is 8.42 Å². The molecule has 1 atom stereocenters. The molecule has 1 unspecified atom stereocenters. The Morgan fingerprint density at radius 3 is 2.67 bits per heavy atom. The molecule has 4 nitrogen and oxygen atoms in total. The van der Waals surface area contributed by atoms with Crippen molar-refractivity contribution in [2.75, 3.05) is 17.2 Å². The topological polar surface area (TPSA) is 80.4 Å². The molecule has 3 N–H and O–H groups in total. The van der Waals surface area contributed by atoms with Crippen LogP contribution in [0.25, 0.3) is 0 Å². The molecule has 5 heteroatoms. The smallest absolute Gasteiger partial charge is 0.152 e. The van der Waals surface area contributed by atoms with Crippen LogP contribution in [0.3, 0.4) is 0 Å². The summed E-state index contributed by atoms with van der Waals surface area (Å²) >= 11 is 0. The summed E-state index contributed by atoms with van der Waals surface area (Å²) in [7, 11) is -3.17. The molecule has 0 aliphatic heterocycles. The van der Waals surface area contributed by atoms with Gasteiger partial charge in [0.05, 0.1) is 11.9 Å². The van der Waals surface area contributed by atoms with E-state index in [4.69, 9.17) is 5.73 Å². The Kier molecular flexibility index (Phi) is 3.71. The number of nitrogen functional groups attached to an aromatic ring is 1. The van der Waals surface area contributed by atoms with Crippen molar-refractivity contribution < 1.29 is 13.5 Å². The van der Waals surface area contributed by atoms with Gasteiger partial charge in [0.15, 0.2) is 9.84 Å². The first-order chi connectivity index (χ1) is 6.94. The van der Waals surface area contributed by atoms with Crippen LogP contribution in [0.1, 0.15) is 18.6 Å². The van der Waals surface area contributed by atoms with E-state index in [2.05, 4.69) is 0 Å². The summed E-state index contributed by atoms with van der Waals surface area (Å²) in [6.45, 7) is 1.56. The van der Waals surface area contributed by atoms with Gasteiger partial charge in [-0.05, 0) is 17.7 Å². The van der Waals surface area contributed by atoms with Gasteiger partial charge in [0, 0.05) is 11.4 Å². The van der Waals surface area contributed by atoms with E-state index in [1.807, 2.05) is 0 Å². The molecule has 0 radical (unpaired) electrons. The predicted molar refractivity (Wildman–Crippen MR) is 60.1 cm³/mol. The first kappa shape index (κ1) is 12.0. The minimum absolute atomic E-state index is 0.0341. The van der Waals surface area contributed by atoms with Crippen LogP contribution in [-0.4, -0.2) is 25.0 Å². The third kappa shape index (κ3) is 3.53. The number of aliphatic hydroxyl groups excluding tert-OH is 1. The van der Waals surface area contributed by atoms with Crippen molar-refractivity contribution in [3.8, 4) is 0 Å². The molecule has 0 saturated heterocycles. The van der Waals surface area contributed by atoms with Crippen LogP contribution in [0.2, 0.25) is 0 Å². The fourth-order valence-electron chi connectivity index (χ4n) is 1.22. The zero-order valence-electron chi connectivity index (χ0n) is 8.55. The summed E-state index contributed by atoms with van der Waals surface area (Å²) in [6.07, 6.45) is -1.00. The Hall–Kier alpha value is -1.07. The number of hydrogen-bond donors (Lipinski definition) is 2. The lowest BCUT2D eigenvalue weighted by molar-refractivity contribution is 0.202. The molecule has 0 heterocycles. The Balaban J connectivity index is 2.82. The monoisotopic (exact) mass is 229 g/mol. The molecule has 0 saturated carbocycles. The highest BCUT2D eigenvalue weighted by Gasteiger charge is 2.16. The lowest BCUT2D eigenvalue weighted by atomic mass is 10.1. The highest BCUT2D eigenvalue weighted by molar-refractivity contribution is 7.91. The Morgan fingerprint density at radius 2 is 2.13 bits per heavy atom. The summed E-state index contributed by atoms with van der Waals surface area (Å²) in [5.74, 6) is -0.223. The molecule has 0 aliphatic carbocycles. The molecular weight excluding hydrogens is 214 g/mol. The molecule has 0 amide bonds. The van der Waals surface area contributed by atoms with E-state index in [1.165, 1.54) is 0 Å². The van der Waals surface area contributed by atoms with E-state index in [1.54, 1.807) is 31.2 Å². The van der Waals surface area contributed by atoms with E-state index in [9.17, 15) is 13.5 Å². The summed E-state index contributed by atoms with van der Waals surface area (Å²) in [5, 5.41) is 9.68. The van der Waals surface area contributed by atoms with Crippen molar-refractivity contribution in [2.24, 2.45) is 0 Å². The van der Waals surface area contributed by atoms with Gasteiger partial charge in [0.2, 0.25) is 0 Å². The van der Waals surface area contributed by atoms with Crippen LogP contribution in [0, 0.1) is 0 Å². The van der Waals surface area contributed by atoms with Gasteiger partial charge in [-0.15, -0.1) is 0 Å². The maximum atomic E-state index is 11.3. The van der Waals surface area contributed by atoms with Crippen molar-refractivity contribution in [2.45, 2.75) is 13.0 Å². The van der Waals surface area contributed by atoms with Gasteiger partial charge in [-0.2, -0.15) is 0 Å². The van der Waals surface area contributed by atoms with Crippen LogP contribution < -0.4 is 5.73 Å². The van der Waals surface area contributed by atoms with E-state index in [-0.39, 0.29) is 11.5 Å². The maximum Gasteiger partial charge on any atom is 0.152 e. The van der Waals surface area contributed by atoms with Gasteiger partial charge >= 0.3 is 0 Å². The first-order valence-corrected chi connectivity index (χ1v) is 6.50. The van der Waals surface area contributed by atoms with Crippen LogP contribution >= 0.6 is 0 Å². The molecule has 0 spiro atoms. The number of aliphatic hydroxyl groups is 1. The summed E-state index contributed by atoms with van der Waals surface area (Å²) in [6, 6.07) is 6.61. The molecule has 0 aromatic heterocycles. The minimum atomic E-state index is -3.17. The normalized spacial score (nSPS) is 13.7. The Labute approximate surface area is 89.7 Å². The van der Waals surface area contributed by atoms with Gasteiger partial charge in [-0.1, -0.05) is 19.1 Å². The number of benzene rings is 1. The molecule has 1 rings (SSSR count). The zero-order chi connectivity index (χ0) is 11.5. The quantitative estimate of drug-likeness (QED) is 0.746. The second kappa shape index (κ2) is 4.63. The average molecular weight is 229 g/mol. The maximum absolute atomic E-state index is 11.3. The lowest BCUT2D eigenvalue weighted by Gasteiger charge is -2.11. The third-order valence-corrected chi connectivity index (χ3v) is 3.85. The number of nitrogens with two attached hydrogens (primary N) is 1. The highest BCUT2D eigenvalue weighted by Crippen LogP contribution is 2.17. The second-order valence-corrected chi connectivity index (χ2v) is 5.78. The summed E-state index contributed by atoms with van der Waals surface area (Å²) < 4.78 is 22.6. The molecule has 15 heavy (non-hydrogen) atoms. The molecular formula is C10H15NO3S. The molecule has 0 aliphatic rings. The van der Waals surface area contributed by atoms with Gasteiger partial charge in [0.25, 0.3) is 0 Å². The number of rotatable bonds is 4. The van der Waals surface area contributed by atoms with Crippen molar-refractivity contribution >= 4 is 15.5 Å². The number of sulfone groups is 1. The SMILES string of the molecule is CCS(=O)(=O)CC(O)c1cccc(N)c1. The summed E-state index contributed by atoms with van der Waals surface area (Å²) in [4.78, 5) is 0. The molecule has 1 aromatic rings. The zero-order valence-corrected chi connectivity index (χ0v) is 9.37. The van der Waals surface area contributed by atoms with Crippen molar-refractivity contribution in [1.29, 1.82) is 0 Å². The average Bonchev–Trinajstić information content (AvgIpc) is 2.17. The third-order valence-electron chi connectivity index (χ3n) is 2.15. The van der Waals surface area contributed by atoms with Crippen LogP contribution in [0.4, 0.5) is 5.69 Å². The van der Waals surface area contributed by atoms with Gasteiger partial charge in [0.1, 0.15) is 0 Å². The van der Waals surface area contributed by atoms with Crippen molar-refractivity contribution in [1.82, 2.24) is 0 Å². The lowest BCUT2D eigenvalue weighted by Crippen LogP contribution is -2.16. The van der Waals surface area contributed by atoms with E-state index < -0.39 is 15.9 Å². The fraction of sp³-hybridized carbons (Fsp3) is 0.400. The van der Waals surface area contributed by atoms with E-state index in [0.717, 1.165) is 0 Å². The molecule has 84 valence electrons. The minimum Gasteiger partial charge on any atom is -0.399 e. The van der Waals surface area contributed by atoms with E-state index >= 15 is 0 Å². The van der Waals surface area contributed by atoms with Crippen LogP contribution in [0.15, 0.2) is 24.3 Å². The van der Waals surface area contributed by atoms with Crippen molar-refractivity contribution in [3.63, 3.8) is 0 Å². The fourth-order valence-corrected chi connectivity index (χ4v) is 2.13. The van der Waals surface area contributed by atoms with Crippen molar-refractivity contribution in [3.05, 3.63) is 29.8 Å². The molecule has 1 aromatic carbocycles. The Bertz CT molecular complexity index is 428. The largest absolute Gasteiger partial charge is 0.399 e. The number of anilines is 1. The first-order valence-electron chi connectivity index (χ1n) is 4.68. The standard InChI is InChI=1S/C10H15NO3S/c1-2-15(13,14)7-10(12)8-4-3-5-9(11)6-8/h3-6,10,12H,2,7,11H2,1H3. The summed E-state index contributed by atoms with van der Waals surface area (Å²) in [5.41, 5.74) is 6.58. The van der Waals surface area contributed by atoms with Gasteiger partial charge < -0.3 is 10.8 Å². The highest BCUT2D eigenvalue weighted by atomic mass is 32.2. The Morgan fingerprint density at radius 1 is 1.47 bits per heavy atom. The molecule has 0 fully saturated rings. The van der Waals surface area contributed by atoms with Gasteiger partial charge in [-0.3, -0.25) is 0 Å². The molecule has 0 bridgehead atoms. The predicted octanol–water partition coefficient (Wildman–Crippen LogP) is 0.737. The second-order valence-electron chi connectivity index (χ2n) is 3.38.